The third kappa shape index (κ3) is 3.19. The summed E-state index contributed by atoms with van der Waals surface area (Å²) >= 11 is 0. The lowest BCUT2D eigenvalue weighted by Crippen LogP contribution is -2.37. The van der Waals surface area contributed by atoms with Crippen LogP contribution in [0.4, 0.5) is 11.4 Å². The number of fused-ring (bicyclic) bond motifs is 1. The van der Waals surface area contributed by atoms with Gasteiger partial charge in [0.2, 0.25) is 0 Å². The second-order valence-electron chi connectivity index (χ2n) is 6.80. The van der Waals surface area contributed by atoms with Gasteiger partial charge in [-0.05, 0) is 18.2 Å². The van der Waals surface area contributed by atoms with E-state index in [2.05, 4.69) is 37.3 Å². The van der Waals surface area contributed by atoms with E-state index in [0.717, 1.165) is 22.8 Å². The molecule has 2 aliphatic rings. The van der Waals surface area contributed by atoms with Gasteiger partial charge < -0.3 is 20.2 Å². The molecule has 1 atom stereocenters. The van der Waals surface area contributed by atoms with Crippen LogP contribution in [0, 0.1) is 0 Å². The minimum atomic E-state index is -0.0872. The molecule has 0 saturated carbocycles. The molecule has 8 heteroatoms. The maximum absolute atomic E-state index is 9.62. The predicted octanol–water partition coefficient (Wildman–Crippen LogP) is 1.73. The number of nitrogens with zero attached hydrogens (tertiary/aromatic N) is 6. The number of aliphatic imine (C=N–C) groups is 2. The summed E-state index contributed by atoms with van der Waals surface area (Å²) in [4.78, 5) is 13.3. The minimum Gasteiger partial charge on any atom is -0.390 e. The molecule has 4 rings (SSSR count). The van der Waals surface area contributed by atoms with Crippen LogP contribution >= 0.6 is 0 Å². The van der Waals surface area contributed by atoms with Crippen molar-refractivity contribution in [2.45, 2.75) is 12.6 Å². The summed E-state index contributed by atoms with van der Waals surface area (Å²) < 4.78 is 1.73. The highest BCUT2D eigenvalue weighted by atomic mass is 16.3. The van der Waals surface area contributed by atoms with Gasteiger partial charge in [0.05, 0.1) is 24.9 Å². The van der Waals surface area contributed by atoms with Crippen LogP contribution in [0.1, 0.15) is 17.3 Å². The van der Waals surface area contributed by atoms with Crippen molar-refractivity contribution in [2.24, 2.45) is 17.0 Å². The van der Waals surface area contributed by atoms with Crippen molar-refractivity contribution in [3.05, 3.63) is 54.1 Å². The number of aryl methyl sites for hydroxylation is 1. The van der Waals surface area contributed by atoms with Gasteiger partial charge in [-0.2, -0.15) is 5.10 Å². The zero-order valence-corrected chi connectivity index (χ0v) is 15.7. The molecule has 2 aliphatic heterocycles. The number of aliphatic hydroxyl groups excluding tert-OH is 1. The predicted molar refractivity (Wildman–Crippen MR) is 107 cm³/mol. The Morgan fingerprint density at radius 3 is 2.96 bits per heavy atom. The Labute approximate surface area is 158 Å². The molecule has 3 heterocycles. The molecule has 0 spiro atoms. The Morgan fingerprint density at radius 1 is 1.33 bits per heavy atom. The average Bonchev–Trinajstić information content (AvgIpc) is 3.25. The summed E-state index contributed by atoms with van der Waals surface area (Å²) in [6.07, 6.45) is 5.64. The van der Waals surface area contributed by atoms with E-state index in [1.807, 2.05) is 45.7 Å². The second-order valence-corrected chi connectivity index (χ2v) is 6.80. The largest absolute Gasteiger partial charge is 0.390 e. The summed E-state index contributed by atoms with van der Waals surface area (Å²) in [7, 11) is 5.89. The van der Waals surface area contributed by atoms with E-state index in [1.165, 1.54) is 0 Å². The molecule has 0 bridgehead atoms. The van der Waals surface area contributed by atoms with Gasteiger partial charge in [0, 0.05) is 56.7 Å². The van der Waals surface area contributed by atoms with Crippen LogP contribution in [-0.4, -0.2) is 52.1 Å². The van der Waals surface area contributed by atoms with Crippen LogP contribution in [-0.2, 0) is 13.7 Å². The van der Waals surface area contributed by atoms with Gasteiger partial charge in [-0.1, -0.05) is 6.07 Å². The molecule has 27 heavy (non-hydrogen) atoms. The molecule has 0 aliphatic carbocycles. The average molecular weight is 365 g/mol. The van der Waals surface area contributed by atoms with Crippen molar-refractivity contribution in [1.29, 1.82) is 0 Å². The van der Waals surface area contributed by atoms with Crippen LogP contribution < -0.4 is 10.2 Å². The standard InChI is InChI=1S/C19H23N7O/c1-24(2)14-6-4-5-13(9-14)22-18-19-21-10-17(26(19)8-7-20-18)15-11-25(3)23-16(15)12-27/h4-9,11,17,27H,10,12H2,1-3H3,(H,20,22). The molecule has 8 nitrogen and oxygen atoms in total. The highest BCUT2D eigenvalue weighted by Crippen LogP contribution is 2.31. The molecule has 1 aromatic carbocycles. The van der Waals surface area contributed by atoms with Crippen molar-refractivity contribution >= 4 is 23.0 Å². The number of hydrogen-bond donors (Lipinski definition) is 2. The molecule has 0 fully saturated rings. The third-order valence-corrected chi connectivity index (χ3v) is 4.71. The van der Waals surface area contributed by atoms with E-state index in [-0.39, 0.29) is 12.6 Å². The SMILES string of the molecule is CN(C)c1cccc(NC2=NC=CN3C2=NCC3c2cn(C)nc2CO)c1. The first kappa shape index (κ1) is 17.3. The third-order valence-electron chi connectivity index (χ3n) is 4.71. The molecule has 0 radical (unpaired) electrons. The number of benzene rings is 1. The summed E-state index contributed by atoms with van der Waals surface area (Å²) in [6.45, 7) is 0.507. The van der Waals surface area contributed by atoms with E-state index < -0.39 is 0 Å². The fourth-order valence-corrected chi connectivity index (χ4v) is 3.39. The van der Waals surface area contributed by atoms with Crippen LogP contribution in [0.15, 0.2) is 52.8 Å². The monoisotopic (exact) mass is 365 g/mol. The number of aliphatic hydroxyl groups is 1. The maximum atomic E-state index is 9.62. The van der Waals surface area contributed by atoms with Crippen LogP contribution in [0.3, 0.4) is 0 Å². The van der Waals surface area contributed by atoms with Gasteiger partial charge in [0.1, 0.15) is 0 Å². The van der Waals surface area contributed by atoms with Crippen LogP contribution in [0.25, 0.3) is 0 Å². The molecule has 0 saturated heterocycles. The summed E-state index contributed by atoms with van der Waals surface area (Å²) in [5, 5.41) is 17.3. The van der Waals surface area contributed by atoms with Gasteiger partial charge in [0.15, 0.2) is 11.7 Å². The highest BCUT2D eigenvalue weighted by molar-refractivity contribution is 6.45. The lowest BCUT2D eigenvalue weighted by atomic mass is 10.1. The van der Waals surface area contributed by atoms with Gasteiger partial charge in [0.25, 0.3) is 0 Å². The molecular weight excluding hydrogens is 342 g/mol. The first-order valence-electron chi connectivity index (χ1n) is 8.82. The van der Waals surface area contributed by atoms with Crippen molar-refractivity contribution in [2.75, 3.05) is 30.9 Å². The van der Waals surface area contributed by atoms with Crippen molar-refractivity contribution in [3.63, 3.8) is 0 Å². The van der Waals surface area contributed by atoms with Gasteiger partial charge in [-0.15, -0.1) is 0 Å². The summed E-state index contributed by atoms with van der Waals surface area (Å²) in [6, 6.07) is 8.16. The second kappa shape index (κ2) is 6.88. The minimum absolute atomic E-state index is 0.00695. The Morgan fingerprint density at radius 2 is 2.19 bits per heavy atom. The molecular formula is C19H23N7O. The van der Waals surface area contributed by atoms with E-state index in [1.54, 1.807) is 10.9 Å². The Hall–Kier alpha value is -3.13. The van der Waals surface area contributed by atoms with Crippen molar-refractivity contribution in [1.82, 2.24) is 14.7 Å². The highest BCUT2D eigenvalue weighted by Gasteiger charge is 2.34. The zero-order chi connectivity index (χ0) is 19.0. The number of aromatic nitrogens is 2. The molecule has 0 amide bonds. The number of amidine groups is 2. The molecule has 2 N–H and O–H groups in total. The molecule has 2 aromatic rings. The summed E-state index contributed by atoms with van der Waals surface area (Å²) in [5.41, 5.74) is 3.74. The smallest absolute Gasteiger partial charge is 0.173 e. The first-order chi connectivity index (χ1) is 13.1. The fraction of sp³-hybridized carbons (Fsp3) is 0.316. The number of rotatable bonds is 4. The van der Waals surface area contributed by atoms with Crippen LogP contribution in [0.2, 0.25) is 0 Å². The Kier molecular flexibility index (Phi) is 4.41. The van der Waals surface area contributed by atoms with Crippen molar-refractivity contribution in [3.8, 4) is 0 Å². The molecule has 140 valence electrons. The van der Waals surface area contributed by atoms with E-state index in [4.69, 9.17) is 4.99 Å². The van der Waals surface area contributed by atoms with Gasteiger partial charge in [-0.25, -0.2) is 4.99 Å². The number of anilines is 2. The lowest BCUT2D eigenvalue weighted by Gasteiger charge is -2.27. The normalized spacial score (nSPS) is 18.2. The van der Waals surface area contributed by atoms with E-state index in [0.29, 0.717) is 18.1 Å². The van der Waals surface area contributed by atoms with E-state index >= 15 is 0 Å². The van der Waals surface area contributed by atoms with Crippen LogP contribution in [0.5, 0.6) is 0 Å². The quantitative estimate of drug-likeness (QED) is 0.862. The van der Waals surface area contributed by atoms with Gasteiger partial charge in [-0.3, -0.25) is 9.67 Å². The number of hydrogen-bond acceptors (Lipinski definition) is 7. The lowest BCUT2D eigenvalue weighted by molar-refractivity contribution is 0.272. The van der Waals surface area contributed by atoms with E-state index in [9.17, 15) is 5.11 Å². The fourth-order valence-electron chi connectivity index (χ4n) is 3.39. The molecule has 1 aromatic heterocycles. The first-order valence-corrected chi connectivity index (χ1v) is 8.82. The van der Waals surface area contributed by atoms with Crippen molar-refractivity contribution < 1.29 is 5.11 Å². The topological polar surface area (TPSA) is 81.3 Å². The number of nitrogens with one attached hydrogen (secondary N) is 1. The Balaban J connectivity index is 1.57. The molecule has 1 unspecified atom stereocenters. The summed E-state index contributed by atoms with van der Waals surface area (Å²) in [5.74, 6) is 1.51. The Bertz CT molecular complexity index is 941. The maximum Gasteiger partial charge on any atom is 0.173 e. The zero-order valence-electron chi connectivity index (χ0n) is 15.7. The van der Waals surface area contributed by atoms with Gasteiger partial charge >= 0.3 is 0 Å².